The zero-order valence-corrected chi connectivity index (χ0v) is 33.6. The number of ether oxygens (including phenoxy) is 3. The Balaban J connectivity index is 4.41. The predicted octanol–water partition coefficient (Wildman–Crippen LogP) is 13.4. The lowest BCUT2D eigenvalue weighted by atomic mass is 10.0. The van der Waals surface area contributed by atoms with Crippen LogP contribution in [-0.4, -0.2) is 37.2 Å². The van der Waals surface area contributed by atoms with Gasteiger partial charge in [-0.05, 0) is 57.8 Å². The number of hydrogen-bond acceptors (Lipinski definition) is 6. The molecule has 0 aliphatic carbocycles. The SMILES string of the molecule is CCCC/C=C\C=C/CCCCCC(=O)OC(COC(=O)CCC/C=C\CCCCCC)COC(=O)CCCCCCCCCCCCCCC. The van der Waals surface area contributed by atoms with Crippen LogP contribution in [-0.2, 0) is 28.6 Å². The highest BCUT2D eigenvalue weighted by atomic mass is 16.6. The molecule has 0 aliphatic heterocycles. The van der Waals surface area contributed by atoms with Gasteiger partial charge in [-0.25, -0.2) is 0 Å². The van der Waals surface area contributed by atoms with Crippen molar-refractivity contribution in [2.24, 2.45) is 0 Å². The van der Waals surface area contributed by atoms with Crippen LogP contribution in [0.5, 0.6) is 0 Å². The van der Waals surface area contributed by atoms with Gasteiger partial charge in [0, 0.05) is 19.3 Å². The monoisotopic (exact) mass is 717 g/mol. The smallest absolute Gasteiger partial charge is 0.306 e. The molecule has 51 heavy (non-hydrogen) atoms. The maximum atomic E-state index is 12.6. The molecule has 0 aromatic carbocycles. The summed E-state index contributed by atoms with van der Waals surface area (Å²) in [7, 11) is 0. The Morgan fingerprint density at radius 3 is 1.25 bits per heavy atom. The van der Waals surface area contributed by atoms with Crippen molar-refractivity contribution >= 4 is 17.9 Å². The molecule has 1 atom stereocenters. The second-order valence-corrected chi connectivity index (χ2v) is 14.3. The lowest BCUT2D eigenvalue weighted by Crippen LogP contribution is -2.30. The van der Waals surface area contributed by atoms with Crippen molar-refractivity contribution in [1.82, 2.24) is 0 Å². The molecule has 0 aliphatic rings. The van der Waals surface area contributed by atoms with Gasteiger partial charge in [-0.1, -0.05) is 173 Å². The van der Waals surface area contributed by atoms with E-state index in [4.69, 9.17) is 14.2 Å². The van der Waals surface area contributed by atoms with E-state index in [1.807, 2.05) is 0 Å². The Morgan fingerprint density at radius 2 is 0.745 bits per heavy atom. The average molecular weight is 717 g/mol. The van der Waals surface area contributed by atoms with Crippen LogP contribution < -0.4 is 0 Å². The second kappa shape index (κ2) is 40.4. The van der Waals surface area contributed by atoms with E-state index in [0.29, 0.717) is 25.7 Å². The Labute approximate surface area is 315 Å². The van der Waals surface area contributed by atoms with Crippen molar-refractivity contribution in [3.63, 3.8) is 0 Å². The van der Waals surface area contributed by atoms with Crippen LogP contribution in [0, 0.1) is 0 Å². The third-order valence-corrected chi connectivity index (χ3v) is 9.15. The summed E-state index contributed by atoms with van der Waals surface area (Å²) in [6.07, 6.45) is 44.2. The zero-order valence-electron chi connectivity index (χ0n) is 33.6. The van der Waals surface area contributed by atoms with E-state index in [9.17, 15) is 14.4 Å². The standard InChI is InChI=1S/C45H80O6/c1-4-7-10-13-16-19-21-22-24-26-29-32-35-38-44(47)50-41-42(40-49-43(46)37-34-31-28-25-18-15-12-9-6-3)51-45(48)39-36-33-30-27-23-20-17-14-11-8-5-2/h14,17,20,23,25,28,42H,4-13,15-16,18-19,21-22,24,26-27,29-41H2,1-3H3/b17-14-,23-20-,28-25-. The highest BCUT2D eigenvalue weighted by Gasteiger charge is 2.19. The summed E-state index contributed by atoms with van der Waals surface area (Å²) in [5.41, 5.74) is 0. The van der Waals surface area contributed by atoms with Crippen LogP contribution in [0.15, 0.2) is 36.5 Å². The molecule has 0 amide bonds. The summed E-state index contributed by atoms with van der Waals surface area (Å²) < 4.78 is 16.6. The first-order valence-electron chi connectivity index (χ1n) is 21.5. The molecule has 0 rings (SSSR count). The number of hydrogen-bond donors (Lipinski definition) is 0. The topological polar surface area (TPSA) is 78.9 Å². The molecule has 0 aromatic rings. The lowest BCUT2D eigenvalue weighted by molar-refractivity contribution is -0.167. The maximum Gasteiger partial charge on any atom is 0.306 e. The fourth-order valence-electron chi connectivity index (χ4n) is 5.83. The summed E-state index contributed by atoms with van der Waals surface area (Å²) in [5, 5.41) is 0. The third-order valence-electron chi connectivity index (χ3n) is 9.15. The van der Waals surface area contributed by atoms with E-state index in [1.165, 1.54) is 103 Å². The average Bonchev–Trinajstić information content (AvgIpc) is 3.12. The molecular weight excluding hydrogens is 636 g/mol. The second-order valence-electron chi connectivity index (χ2n) is 14.3. The zero-order chi connectivity index (χ0) is 37.3. The summed E-state index contributed by atoms with van der Waals surface area (Å²) in [6.45, 7) is 6.48. The molecule has 0 fully saturated rings. The summed E-state index contributed by atoms with van der Waals surface area (Å²) in [6, 6.07) is 0. The Morgan fingerprint density at radius 1 is 0.392 bits per heavy atom. The highest BCUT2D eigenvalue weighted by molar-refractivity contribution is 5.71. The third kappa shape index (κ3) is 38.7. The van der Waals surface area contributed by atoms with E-state index < -0.39 is 6.10 Å². The molecular formula is C45H80O6. The van der Waals surface area contributed by atoms with E-state index >= 15 is 0 Å². The fourth-order valence-corrected chi connectivity index (χ4v) is 5.83. The predicted molar refractivity (Wildman–Crippen MR) is 215 cm³/mol. The number of esters is 3. The van der Waals surface area contributed by atoms with Crippen molar-refractivity contribution in [2.45, 2.75) is 219 Å². The molecule has 0 spiro atoms. The number of allylic oxidation sites excluding steroid dienone is 6. The van der Waals surface area contributed by atoms with Gasteiger partial charge in [0.05, 0.1) is 0 Å². The molecule has 0 saturated heterocycles. The minimum absolute atomic E-state index is 0.0896. The molecule has 0 saturated carbocycles. The van der Waals surface area contributed by atoms with Crippen molar-refractivity contribution in [1.29, 1.82) is 0 Å². The van der Waals surface area contributed by atoms with Crippen molar-refractivity contribution < 1.29 is 28.6 Å². The van der Waals surface area contributed by atoms with Crippen LogP contribution in [0.4, 0.5) is 0 Å². The van der Waals surface area contributed by atoms with Crippen LogP contribution in [0.25, 0.3) is 0 Å². The van der Waals surface area contributed by atoms with Gasteiger partial charge in [0.1, 0.15) is 13.2 Å². The molecule has 6 nitrogen and oxygen atoms in total. The Kier molecular flexibility index (Phi) is 38.5. The first-order chi connectivity index (χ1) is 25.0. The van der Waals surface area contributed by atoms with Gasteiger partial charge in [0.2, 0.25) is 0 Å². The van der Waals surface area contributed by atoms with Crippen LogP contribution >= 0.6 is 0 Å². The first kappa shape index (κ1) is 48.6. The molecule has 0 N–H and O–H groups in total. The summed E-state index contributed by atoms with van der Waals surface area (Å²) >= 11 is 0. The van der Waals surface area contributed by atoms with Gasteiger partial charge in [0.15, 0.2) is 6.10 Å². The van der Waals surface area contributed by atoms with Crippen LogP contribution in [0.2, 0.25) is 0 Å². The van der Waals surface area contributed by atoms with E-state index in [1.54, 1.807) is 0 Å². The largest absolute Gasteiger partial charge is 0.462 e. The quantitative estimate of drug-likeness (QED) is 0.0208. The number of unbranched alkanes of at least 4 members (excludes halogenated alkanes) is 22. The van der Waals surface area contributed by atoms with Crippen LogP contribution in [0.1, 0.15) is 213 Å². The molecule has 0 bridgehead atoms. The fraction of sp³-hybridized carbons (Fsp3) is 0.800. The molecule has 0 heterocycles. The minimum Gasteiger partial charge on any atom is -0.462 e. The number of rotatable bonds is 38. The van der Waals surface area contributed by atoms with Crippen LogP contribution in [0.3, 0.4) is 0 Å². The highest BCUT2D eigenvalue weighted by Crippen LogP contribution is 2.14. The van der Waals surface area contributed by atoms with Crippen molar-refractivity contribution in [3.05, 3.63) is 36.5 Å². The Bertz CT molecular complexity index is 876. The van der Waals surface area contributed by atoms with E-state index in [0.717, 1.165) is 64.2 Å². The van der Waals surface area contributed by atoms with Crippen molar-refractivity contribution in [2.75, 3.05) is 13.2 Å². The van der Waals surface area contributed by atoms with Crippen molar-refractivity contribution in [3.8, 4) is 0 Å². The van der Waals surface area contributed by atoms with E-state index in [2.05, 4.69) is 57.2 Å². The molecule has 6 heteroatoms. The maximum absolute atomic E-state index is 12.6. The molecule has 0 aromatic heterocycles. The molecule has 1 unspecified atom stereocenters. The summed E-state index contributed by atoms with van der Waals surface area (Å²) in [4.78, 5) is 37.5. The summed E-state index contributed by atoms with van der Waals surface area (Å²) in [5.74, 6) is -0.957. The number of carbonyl (C=O) groups is 3. The van der Waals surface area contributed by atoms with E-state index in [-0.39, 0.29) is 31.1 Å². The molecule has 296 valence electrons. The normalized spacial score (nSPS) is 12.3. The lowest BCUT2D eigenvalue weighted by Gasteiger charge is -2.18. The molecule has 0 radical (unpaired) electrons. The van der Waals surface area contributed by atoms with Gasteiger partial charge in [-0.15, -0.1) is 0 Å². The van der Waals surface area contributed by atoms with Gasteiger partial charge in [-0.3, -0.25) is 14.4 Å². The van der Waals surface area contributed by atoms with Gasteiger partial charge in [0.25, 0.3) is 0 Å². The Hall–Kier alpha value is -2.37. The number of carbonyl (C=O) groups excluding carboxylic acids is 3. The first-order valence-corrected chi connectivity index (χ1v) is 21.5. The van der Waals surface area contributed by atoms with Gasteiger partial charge >= 0.3 is 17.9 Å². The minimum atomic E-state index is -0.789. The van der Waals surface area contributed by atoms with Gasteiger partial charge in [-0.2, -0.15) is 0 Å². The van der Waals surface area contributed by atoms with Gasteiger partial charge < -0.3 is 14.2 Å².